The molecule has 0 aliphatic carbocycles. The molecule has 1 rings (SSSR count). The van der Waals surface area contributed by atoms with E-state index in [4.69, 9.17) is 16.3 Å². The predicted octanol–water partition coefficient (Wildman–Crippen LogP) is 2.36. The monoisotopic (exact) mass is 221 g/mol. The van der Waals surface area contributed by atoms with Crippen LogP contribution in [0.2, 0.25) is 5.02 Å². The van der Waals surface area contributed by atoms with E-state index in [1.807, 2.05) is 31.3 Å². The number of likely N-dealkylation sites (N-methyl/N-ethyl adjacent to an activating group) is 1. The van der Waals surface area contributed by atoms with E-state index < -0.39 is 0 Å². The minimum Gasteiger partial charge on any atom is -0.492 e. The molecule has 0 saturated heterocycles. The predicted molar refractivity (Wildman–Crippen MR) is 58.1 cm³/mol. The van der Waals surface area contributed by atoms with Gasteiger partial charge in [0.1, 0.15) is 12.4 Å². The molecule has 0 atom stereocenters. The molecule has 4 heteroatoms. The molecule has 1 aromatic rings. The van der Waals surface area contributed by atoms with Gasteiger partial charge in [0.15, 0.2) is 0 Å². The van der Waals surface area contributed by atoms with Crippen LogP contribution in [0.4, 0.5) is 0 Å². The number of hydrogen-bond acceptors (Lipinski definition) is 2. The zero-order chi connectivity index (χ0) is 8.81. The second-order valence-electron chi connectivity index (χ2n) is 2.41. The maximum absolute atomic E-state index is 5.71. The first-order valence-electron chi connectivity index (χ1n) is 3.86. The summed E-state index contributed by atoms with van der Waals surface area (Å²) in [6, 6.07) is 7.35. The largest absolute Gasteiger partial charge is 0.492 e. The fraction of sp³-hybridized carbons (Fsp3) is 0.333. The molecule has 2 nitrogen and oxygen atoms in total. The highest BCUT2D eigenvalue weighted by atomic mass is 35.5. The van der Waals surface area contributed by atoms with E-state index in [-0.39, 0.29) is 12.4 Å². The van der Waals surface area contributed by atoms with Crippen LogP contribution in [0.3, 0.4) is 0 Å². The quantitative estimate of drug-likeness (QED) is 0.789. The highest BCUT2D eigenvalue weighted by Gasteiger charge is 1.91. The van der Waals surface area contributed by atoms with Gasteiger partial charge in [-0.3, -0.25) is 0 Å². The molecule has 0 saturated carbocycles. The van der Waals surface area contributed by atoms with Crippen LogP contribution < -0.4 is 10.1 Å². The van der Waals surface area contributed by atoms with Gasteiger partial charge in [0.25, 0.3) is 0 Å². The average Bonchev–Trinajstić information content (AvgIpc) is 2.09. The highest BCUT2D eigenvalue weighted by Crippen LogP contribution is 2.14. The Morgan fingerprint density at radius 2 is 1.92 bits per heavy atom. The Balaban J connectivity index is 0.00000144. The zero-order valence-corrected chi connectivity index (χ0v) is 8.99. The topological polar surface area (TPSA) is 21.3 Å². The summed E-state index contributed by atoms with van der Waals surface area (Å²) in [7, 11) is 1.89. The maximum Gasteiger partial charge on any atom is 0.119 e. The molecule has 0 heterocycles. The highest BCUT2D eigenvalue weighted by molar-refractivity contribution is 6.30. The smallest absolute Gasteiger partial charge is 0.119 e. The van der Waals surface area contributed by atoms with Gasteiger partial charge in [-0.05, 0) is 31.3 Å². The molecular formula is C9H13Cl2NO. The van der Waals surface area contributed by atoms with Crippen molar-refractivity contribution in [3.05, 3.63) is 29.3 Å². The van der Waals surface area contributed by atoms with E-state index in [0.717, 1.165) is 17.3 Å². The van der Waals surface area contributed by atoms with Gasteiger partial charge in [-0.1, -0.05) is 11.6 Å². The Morgan fingerprint density at radius 1 is 1.31 bits per heavy atom. The van der Waals surface area contributed by atoms with Gasteiger partial charge >= 0.3 is 0 Å². The van der Waals surface area contributed by atoms with Gasteiger partial charge in [-0.15, -0.1) is 12.4 Å². The van der Waals surface area contributed by atoms with Crippen molar-refractivity contribution in [3.63, 3.8) is 0 Å². The summed E-state index contributed by atoms with van der Waals surface area (Å²) in [5.74, 6) is 0.856. The Labute approximate surface area is 89.6 Å². The summed E-state index contributed by atoms with van der Waals surface area (Å²) < 4.78 is 5.38. The molecule has 0 bridgehead atoms. The van der Waals surface area contributed by atoms with Crippen molar-refractivity contribution >= 4 is 24.0 Å². The van der Waals surface area contributed by atoms with Crippen LogP contribution >= 0.6 is 24.0 Å². The number of benzene rings is 1. The molecule has 0 spiro atoms. The second kappa shape index (κ2) is 7.01. The van der Waals surface area contributed by atoms with Crippen LogP contribution in [-0.4, -0.2) is 20.2 Å². The maximum atomic E-state index is 5.71. The molecule has 0 radical (unpaired) electrons. The van der Waals surface area contributed by atoms with Crippen molar-refractivity contribution in [1.82, 2.24) is 5.32 Å². The lowest BCUT2D eigenvalue weighted by Crippen LogP contribution is -2.15. The van der Waals surface area contributed by atoms with Gasteiger partial charge in [-0.25, -0.2) is 0 Å². The summed E-state index contributed by atoms with van der Waals surface area (Å²) in [5, 5.41) is 3.73. The van der Waals surface area contributed by atoms with Crippen molar-refractivity contribution < 1.29 is 4.74 Å². The van der Waals surface area contributed by atoms with E-state index in [0.29, 0.717) is 6.61 Å². The molecule has 0 aliphatic heterocycles. The van der Waals surface area contributed by atoms with Crippen LogP contribution in [0.15, 0.2) is 24.3 Å². The Bertz CT molecular complexity index is 226. The number of hydrogen-bond donors (Lipinski definition) is 1. The molecule has 13 heavy (non-hydrogen) atoms. The number of rotatable bonds is 4. The first-order valence-corrected chi connectivity index (χ1v) is 4.23. The van der Waals surface area contributed by atoms with Gasteiger partial charge < -0.3 is 10.1 Å². The first kappa shape index (κ1) is 12.6. The van der Waals surface area contributed by atoms with E-state index in [1.54, 1.807) is 0 Å². The summed E-state index contributed by atoms with van der Waals surface area (Å²) in [5.41, 5.74) is 0. The van der Waals surface area contributed by atoms with E-state index in [1.165, 1.54) is 0 Å². The van der Waals surface area contributed by atoms with Crippen molar-refractivity contribution in [1.29, 1.82) is 0 Å². The molecule has 74 valence electrons. The number of ether oxygens (including phenoxy) is 1. The first-order chi connectivity index (χ1) is 5.83. The van der Waals surface area contributed by atoms with Crippen LogP contribution in [-0.2, 0) is 0 Å². The van der Waals surface area contributed by atoms with Crippen LogP contribution in [0.1, 0.15) is 0 Å². The van der Waals surface area contributed by atoms with Crippen LogP contribution in [0.5, 0.6) is 5.75 Å². The van der Waals surface area contributed by atoms with Crippen LogP contribution in [0, 0.1) is 0 Å². The van der Waals surface area contributed by atoms with Crippen LogP contribution in [0.25, 0.3) is 0 Å². The van der Waals surface area contributed by atoms with Crippen molar-refractivity contribution in [3.8, 4) is 5.75 Å². The molecular weight excluding hydrogens is 209 g/mol. The zero-order valence-electron chi connectivity index (χ0n) is 7.42. The third-order valence-electron chi connectivity index (χ3n) is 1.43. The normalized spacial score (nSPS) is 9.08. The third-order valence-corrected chi connectivity index (χ3v) is 1.69. The summed E-state index contributed by atoms with van der Waals surface area (Å²) >= 11 is 5.71. The Hall–Kier alpha value is -0.440. The van der Waals surface area contributed by atoms with E-state index >= 15 is 0 Å². The van der Waals surface area contributed by atoms with E-state index in [9.17, 15) is 0 Å². The second-order valence-corrected chi connectivity index (χ2v) is 2.84. The molecule has 0 aliphatic rings. The fourth-order valence-corrected chi connectivity index (χ4v) is 0.928. The molecule has 0 amide bonds. The summed E-state index contributed by atoms with van der Waals surface area (Å²) in [6.45, 7) is 1.53. The van der Waals surface area contributed by atoms with Gasteiger partial charge in [0, 0.05) is 11.6 Å². The van der Waals surface area contributed by atoms with Crippen molar-refractivity contribution in [2.75, 3.05) is 20.2 Å². The summed E-state index contributed by atoms with van der Waals surface area (Å²) in [6.07, 6.45) is 0. The molecule has 1 N–H and O–H groups in total. The van der Waals surface area contributed by atoms with Crippen molar-refractivity contribution in [2.24, 2.45) is 0 Å². The standard InChI is InChI=1S/C9H12ClNO.ClH/c1-11-6-7-12-9-4-2-8(10)3-5-9;/h2-5,11H,6-7H2,1H3;1H. The lowest BCUT2D eigenvalue weighted by molar-refractivity contribution is 0.318. The molecule has 0 unspecified atom stereocenters. The SMILES string of the molecule is CNCCOc1ccc(Cl)cc1.Cl. The van der Waals surface area contributed by atoms with E-state index in [2.05, 4.69) is 5.32 Å². The third kappa shape index (κ3) is 4.98. The Morgan fingerprint density at radius 3 is 2.46 bits per heavy atom. The number of halogens is 2. The molecule has 0 aromatic heterocycles. The lowest BCUT2D eigenvalue weighted by Gasteiger charge is -2.04. The molecule has 1 aromatic carbocycles. The fourth-order valence-electron chi connectivity index (χ4n) is 0.802. The van der Waals surface area contributed by atoms with Gasteiger partial charge in [0.2, 0.25) is 0 Å². The van der Waals surface area contributed by atoms with Crippen molar-refractivity contribution in [2.45, 2.75) is 0 Å². The summed E-state index contributed by atoms with van der Waals surface area (Å²) in [4.78, 5) is 0. The minimum absolute atomic E-state index is 0. The van der Waals surface area contributed by atoms with Gasteiger partial charge in [-0.2, -0.15) is 0 Å². The Kier molecular flexibility index (Phi) is 6.77. The molecule has 0 fully saturated rings. The average molecular weight is 222 g/mol. The number of nitrogens with one attached hydrogen (secondary N) is 1. The minimum atomic E-state index is 0. The van der Waals surface area contributed by atoms with Gasteiger partial charge in [0.05, 0.1) is 0 Å². The lowest BCUT2D eigenvalue weighted by atomic mass is 10.3.